The van der Waals surface area contributed by atoms with Crippen LogP contribution in [0, 0.1) is 5.92 Å². The molecule has 0 fully saturated rings. The molecule has 0 amide bonds. The van der Waals surface area contributed by atoms with E-state index < -0.39 is 0 Å². The van der Waals surface area contributed by atoms with Gasteiger partial charge in [0.15, 0.2) is 0 Å². The molecule has 0 spiro atoms. The van der Waals surface area contributed by atoms with Gasteiger partial charge in [-0.3, -0.25) is 0 Å². The first-order valence-electron chi connectivity index (χ1n) is 5.35. The van der Waals surface area contributed by atoms with Crippen LogP contribution in [0.2, 0.25) is 0 Å². The second-order valence-electron chi connectivity index (χ2n) is 3.95. The molecule has 2 N–H and O–H groups in total. The average molecular weight is 257 g/mol. The maximum absolute atomic E-state index is 5.88. The molecule has 0 aromatic heterocycles. The van der Waals surface area contributed by atoms with Crippen molar-refractivity contribution in [3.05, 3.63) is 60.2 Å². The smallest absolute Gasteiger partial charge is 0.334 e. The van der Waals surface area contributed by atoms with Crippen molar-refractivity contribution in [1.29, 1.82) is 0 Å². The molecule has 0 saturated carbocycles. The Hall–Kier alpha value is -0.821. The first-order valence-corrected chi connectivity index (χ1v) is 5.35. The minimum Gasteiger partial charge on any atom is -0.334 e. The summed E-state index contributed by atoms with van der Waals surface area (Å²) >= 11 is 0. The monoisotopic (exact) mass is 257 g/mol. The molecule has 0 bridgehead atoms. The molecule has 0 aliphatic carbocycles. The second-order valence-corrected chi connectivity index (χ2v) is 3.95. The molecule has 0 saturated heterocycles. The SMILES string of the molecule is CC(C)C(N)[c-]1cccc1.[Fe+2].c1cc[cH-]c1. The van der Waals surface area contributed by atoms with Crippen LogP contribution in [-0.4, -0.2) is 0 Å². The van der Waals surface area contributed by atoms with Crippen LogP contribution in [0.3, 0.4) is 0 Å². The third-order valence-electron chi connectivity index (χ3n) is 2.35. The number of hydrogen-bond acceptors (Lipinski definition) is 1. The van der Waals surface area contributed by atoms with Crippen molar-refractivity contribution in [1.82, 2.24) is 0 Å². The molecule has 16 heavy (non-hydrogen) atoms. The van der Waals surface area contributed by atoms with Crippen molar-refractivity contribution in [2.45, 2.75) is 19.9 Å². The Kier molecular flexibility index (Phi) is 7.92. The van der Waals surface area contributed by atoms with Gasteiger partial charge in [-0.15, -0.1) is 5.56 Å². The topological polar surface area (TPSA) is 26.0 Å². The zero-order valence-corrected chi connectivity index (χ0v) is 10.9. The van der Waals surface area contributed by atoms with Gasteiger partial charge in [0.25, 0.3) is 0 Å². The van der Waals surface area contributed by atoms with Crippen molar-refractivity contribution >= 4 is 0 Å². The van der Waals surface area contributed by atoms with Gasteiger partial charge in [0.2, 0.25) is 0 Å². The van der Waals surface area contributed by atoms with Crippen LogP contribution in [0.1, 0.15) is 25.5 Å². The molecule has 2 rings (SSSR count). The van der Waals surface area contributed by atoms with Crippen molar-refractivity contribution < 1.29 is 17.1 Å². The van der Waals surface area contributed by atoms with Crippen LogP contribution in [0.4, 0.5) is 0 Å². The molecule has 2 heteroatoms. The van der Waals surface area contributed by atoms with E-state index in [0.717, 1.165) is 0 Å². The van der Waals surface area contributed by atoms with Gasteiger partial charge in [-0.05, 0) is 12.0 Å². The van der Waals surface area contributed by atoms with E-state index in [9.17, 15) is 0 Å². The van der Waals surface area contributed by atoms with E-state index in [0.29, 0.717) is 5.92 Å². The van der Waals surface area contributed by atoms with E-state index in [-0.39, 0.29) is 23.1 Å². The summed E-state index contributed by atoms with van der Waals surface area (Å²) in [5.74, 6) is 0.530. The van der Waals surface area contributed by atoms with E-state index in [1.807, 2.05) is 42.5 Å². The van der Waals surface area contributed by atoms with Crippen molar-refractivity contribution in [2.24, 2.45) is 11.7 Å². The molecular formula is C14H19FeN. The summed E-state index contributed by atoms with van der Waals surface area (Å²) in [6.45, 7) is 4.27. The molecule has 1 atom stereocenters. The predicted octanol–water partition coefficient (Wildman–Crippen LogP) is 3.46. The summed E-state index contributed by atoms with van der Waals surface area (Å²) in [6, 6.07) is 18.4. The van der Waals surface area contributed by atoms with Crippen molar-refractivity contribution in [3.63, 3.8) is 0 Å². The van der Waals surface area contributed by atoms with Crippen LogP contribution >= 0.6 is 0 Å². The Labute approximate surface area is 109 Å². The normalized spacial score (nSPS) is 11.2. The van der Waals surface area contributed by atoms with Gasteiger partial charge >= 0.3 is 17.1 Å². The Bertz CT molecular complexity index is 304. The van der Waals surface area contributed by atoms with Gasteiger partial charge in [-0.1, -0.05) is 13.8 Å². The number of rotatable bonds is 2. The van der Waals surface area contributed by atoms with Gasteiger partial charge in [0.05, 0.1) is 0 Å². The Balaban J connectivity index is 0.000000318. The first-order chi connectivity index (χ1) is 7.22. The maximum atomic E-state index is 5.88. The Morgan fingerprint density at radius 1 is 1.00 bits per heavy atom. The summed E-state index contributed by atoms with van der Waals surface area (Å²) < 4.78 is 0. The molecule has 1 nitrogen and oxygen atoms in total. The molecule has 0 aliphatic rings. The number of nitrogens with two attached hydrogens (primary N) is 1. The largest absolute Gasteiger partial charge is 2.00 e. The van der Waals surface area contributed by atoms with E-state index in [1.165, 1.54) is 5.56 Å². The van der Waals surface area contributed by atoms with Gasteiger partial charge < -0.3 is 5.73 Å². The molecule has 0 aliphatic heterocycles. The summed E-state index contributed by atoms with van der Waals surface area (Å²) in [4.78, 5) is 0. The average Bonchev–Trinajstić information content (AvgIpc) is 2.92. The van der Waals surface area contributed by atoms with Gasteiger partial charge in [-0.2, -0.15) is 30.3 Å². The third-order valence-corrected chi connectivity index (χ3v) is 2.35. The van der Waals surface area contributed by atoms with Crippen LogP contribution in [0.15, 0.2) is 54.6 Å². The van der Waals surface area contributed by atoms with Crippen molar-refractivity contribution in [2.75, 3.05) is 0 Å². The molecule has 88 valence electrons. The van der Waals surface area contributed by atoms with Crippen LogP contribution in [0.5, 0.6) is 0 Å². The molecule has 2 aromatic rings. The first kappa shape index (κ1) is 15.2. The van der Waals surface area contributed by atoms with Gasteiger partial charge in [0, 0.05) is 0 Å². The minimum absolute atomic E-state index is 0. The van der Waals surface area contributed by atoms with E-state index >= 15 is 0 Å². The summed E-state index contributed by atoms with van der Waals surface area (Å²) in [5, 5.41) is 0. The van der Waals surface area contributed by atoms with Crippen LogP contribution in [-0.2, 0) is 17.1 Å². The zero-order chi connectivity index (χ0) is 11.1. The van der Waals surface area contributed by atoms with Gasteiger partial charge in [0.1, 0.15) is 0 Å². The molecular weight excluding hydrogens is 238 g/mol. The van der Waals surface area contributed by atoms with Crippen LogP contribution in [0.25, 0.3) is 0 Å². The third kappa shape index (κ3) is 5.31. The summed E-state index contributed by atoms with van der Waals surface area (Å²) in [5.41, 5.74) is 7.13. The fraction of sp³-hybridized carbons (Fsp3) is 0.286. The Morgan fingerprint density at radius 2 is 1.50 bits per heavy atom. The zero-order valence-electron chi connectivity index (χ0n) is 9.78. The van der Waals surface area contributed by atoms with Crippen molar-refractivity contribution in [3.8, 4) is 0 Å². The standard InChI is InChI=1S/C9H14N.C5H5.Fe/c1-7(2)9(10)8-5-3-4-6-8;1-2-4-5-3-1;/h3-7,9H,10H2,1-2H3;1-5H;/q2*-1;+2. The number of hydrogen-bond donors (Lipinski definition) is 1. The minimum atomic E-state index is 0. The fourth-order valence-electron chi connectivity index (χ4n) is 1.32. The van der Waals surface area contributed by atoms with Crippen LogP contribution < -0.4 is 5.73 Å². The molecule has 2 aromatic carbocycles. The molecule has 1 unspecified atom stereocenters. The predicted molar refractivity (Wildman–Crippen MR) is 65.8 cm³/mol. The van der Waals surface area contributed by atoms with Gasteiger partial charge in [-0.25, -0.2) is 24.3 Å². The van der Waals surface area contributed by atoms with E-state index in [1.54, 1.807) is 0 Å². The van der Waals surface area contributed by atoms with E-state index in [4.69, 9.17) is 5.73 Å². The summed E-state index contributed by atoms with van der Waals surface area (Å²) in [6.07, 6.45) is 0. The second kappa shape index (κ2) is 8.35. The summed E-state index contributed by atoms with van der Waals surface area (Å²) in [7, 11) is 0. The maximum Gasteiger partial charge on any atom is 2.00 e. The Morgan fingerprint density at radius 3 is 1.81 bits per heavy atom. The molecule has 0 heterocycles. The van der Waals surface area contributed by atoms with E-state index in [2.05, 4.69) is 26.0 Å². The molecule has 0 radical (unpaired) electrons. The fourth-order valence-corrected chi connectivity index (χ4v) is 1.32. The quantitative estimate of drug-likeness (QED) is 0.647.